The molecule has 0 atom stereocenters. The third-order valence-corrected chi connectivity index (χ3v) is 3.62. The van der Waals surface area contributed by atoms with Crippen molar-refractivity contribution in [3.63, 3.8) is 0 Å². The summed E-state index contributed by atoms with van der Waals surface area (Å²) < 4.78 is 43.0. The van der Waals surface area contributed by atoms with E-state index in [-0.39, 0.29) is 5.71 Å². The number of hydrogen-bond donors (Lipinski definition) is 0. The topological polar surface area (TPSA) is 54.8 Å². The number of aliphatic imine (C=N–C) groups is 1. The fourth-order valence-corrected chi connectivity index (χ4v) is 2.22. The van der Waals surface area contributed by atoms with E-state index in [9.17, 15) is 18.0 Å². The van der Waals surface area contributed by atoms with Crippen molar-refractivity contribution in [2.24, 2.45) is 4.99 Å². The summed E-state index contributed by atoms with van der Waals surface area (Å²) >= 11 is 0. The van der Waals surface area contributed by atoms with Crippen molar-refractivity contribution in [1.29, 1.82) is 0 Å². The van der Waals surface area contributed by atoms with Crippen LogP contribution in [0.25, 0.3) is 0 Å². The number of pyridine rings is 1. The highest BCUT2D eigenvalue weighted by Crippen LogP contribution is 2.30. The van der Waals surface area contributed by atoms with Gasteiger partial charge in [-0.05, 0) is 24.3 Å². The Morgan fingerprint density at radius 2 is 1.96 bits per heavy atom. The molecule has 0 radical (unpaired) electrons. The van der Waals surface area contributed by atoms with Crippen molar-refractivity contribution in [3.05, 3.63) is 53.7 Å². The minimum absolute atomic E-state index is 0.0214. The molecule has 26 heavy (non-hydrogen) atoms. The van der Waals surface area contributed by atoms with Crippen molar-refractivity contribution < 1.29 is 22.7 Å². The number of hydrogen-bond acceptors (Lipinski definition) is 5. The monoisotopic (exact) mass is 365 g/mol. The molecule has 1 heterocycles. The van der Waals surface area contributed by atoms with Gasteiger partial charge in [0.05, 0.1) is 12.2 Å². The van der Waals surface area contributed by atoms with Gasteiger partial charge in [-0.1, -0.05) is 12.1 Å². The van der Waals surface area contributed by atoms with Crippen molar-refractivity contribution in [3.8, 4) is 0 Å². The van der Waals surface area contributed by atoms with Crippen molar-refractivity contribution in [2.75, 3.05) is 32.2 Å². The number of alkyl halides is 3. The van der Waals surface area contributed by atoms with Crippen LogP contribution in [0.3, 0.4) is 0 Å². The summed E-state index contributed by atoms with van der Waals surface area (Å²) in [6, 6.07) is 7.63. The molecular weight excluding hydrogens is 347 g/mol. The number of aromatic nitrogens is 1. The molecule has 1 aromatic carbocycles. The van der Waals surface area contributed by atoms with Gasteiger partial charge in [0.2, 0.25) is 0 Å². The molecule has 0 fully saturated rings. The SMILES string of the molecule is COCCN(C)c1ncccc1N=C(C=O)c1ccc(C(F)(F)F)cc1. The number of anilines is 1. The zero-order valence-electron chi connectivity index (χ0n) is 14.3. The summed E-state index contributed by atoms with van der Waals surface area (Å²) in [5.74, 6) is 0.538. The predicted molar refractivity (Wildman–Crippen MR) is 93.1 cm³/mol. The minimum Gasteiger partial charge on any atom is -0.383 e. The van der Waals surface area contributed by atoms with E-state index in [1.165, 1.54) is 12.1 Å². The van der Waals surface area contributed by atoms with Gasteiger partial charge in [-0.3, -0.25) is 4.79 Å². The maximum absolute atomic E-state index is 12.7. The standard InChI is InChI=1S/C18H18F3N3O2/c1-24(10-11-26-2)17-15(4-3-9-22-17)23-16(12-25)13-5-7-14(8-6-13)18(19,20)21/h3-9,12H,10-11H2,1-2H3. The van der Waals surface area contributed by atoms with Crippen LogP contribution < -0.4 is 4.90 Å². The second kappa shape index (κ2) is 8.57. The Morgan fingerprint density at radius 3 is 2.54 bits per heavy atom. The van der Waals surface area contributed by atoms with Gasteiger partial charge >= 0.3 is 6.18 Å². The molecule has 138 valence electrons. The molecule has 0 bridgehead atoms. The summed E-state index contributed by atoms with van der Waals surface area (Å²) in [6.45, 7) is 1.04. The Labute approximate surface area is 149 Å². The van der Waals surface area contributed by atoms with E-state index in [2.05, 4.69) is 9.98 Å². The summed E-state index contributed by atoms with van der Waals surface area (Å²) in [5.41, 5.74) is -0.0311. The predicted octanol–water partition coefficient (Wildman–Crippen LogP) is 3.50. The highest BCUT2D eigenvalue weighted by molar-refractivity contribution is 6.36. The van der Waals surface area contributed by atoms with Gasteiger partial charge < -0.3 is 9.64 Å². The first-order valence-corrected chi connectivity index (χ1v) is 7.73. The summed E-state index contributed by atoms with van der Waals surface area (Å²) in [6.07, 6.45) is -2.33. The molecule has 5 nitrogen and oxygen atoms in total. The highest BCUT2D eigenvalue weighted by atomic mass is 19.4. The van der Waals surface area contributed by atoms with Gasteiger partial charge in [0, 0.05) is 32.5 Å². The molecule has 0 unspecified atom stereocenters. The third kappa shape index (κ3) is 4.89. The van der Waals surface area contributed by atoms with Crippen LogP contribution in [-0.2, 0) is 15.7 Å². The van der Waals surface area contributed by atoms with Crippen LogP contribution in [0.1, 0.15) is 11.1 Å². The van der Waals surface area contributed by atoms with E-state index >= 15 is 0 Å². The van der Waals surface area contributed by atoms with Gasteiger partial charge in [0.15, 0.2) is 12.1 Å². The van der Waals surface area contributed by atoms with Gasteiger partial charge in [-0.2, -0.15) is 13.2 Å². The molecule has 0 aliphatic rings. The first kappa shape index (κ1) is 19.6. The van der Waals surface area contributed by atoms with Crippen LogP contribution >= 0.6 is 0 Å². The van der Waals surface area contributed by atoms with E-state index in [0.29, 0.717) is 36.5 Å². The maximum Gasteiger partial charge on any atom is 0.416 e. The number of ether oxygens (including phenoxy) is 1. The molecule has 1 aromatic heterocycles. The van der Waals surface area contributed by atoms with Crippen LogP contribution in [0.5, 0.6) is 0 Å². The van der Waals surface area contributed by atoms with E-state index in [4.69, 9.17) is 4.74 Å². The third-order valence-electron chi connectivity index (χ3n) is 3.62. The van der Waals surface area contributed by atoms with Crippen molar-refractivity contribution >= 4 is 23.5 Å². The molecule has 0 spiro atoms. The molecule has 2 aromatic rings. The smallest absolute Gasteiger partial charge is 0.383 e. The number of carbonyl (C=O) groups excluding carboxylic acids is 1. The summed E-state index contributed by atoms with van der Waals surface area (Å²) in [7, 11) is 3.39. The van der Waals surface area contributed by atoms with Crippen LogP contribution in [0.2, 0.25) is 0 Å². The Balaban J connectivity index is 2.36. The van der Waals surface area contributed by atoms with Crippen LogP contribution in [0, 0.1) is 0 Å². The van der Waals surface area contributed by atoms with Crippen molar-refractivity contribution in [2.45, 2.75) is 6.18 Å². The molecule has 0 N–H and O–H groups in total. The molecule has 0 saturated heterocycles. The number of likely N-dealkylation sites (N-methyl/N-ethyl adjacent to an activating group) is 1. The zero-order chi connectivity index (χ0) is 19.2. The van der Waals surface area contributed by atoms with E-state index in [0.717, 1.165) is 12.1 Å². The van der Waals surface area contributed by atoms with Crippen LogP contribution in [0.4, 0.5) is 24.7 Å². The lowest BCUT2D eigenvalue weighted by Gasteiger charge is -2.19. The lowest BCUT2D eigenvalue weighted by Crippen LogP contribution is -2.23. The second-order valence-corrected chi connectivity index (χ2v) is 5.45. The first-order valence-electron chi connectivity index (χ1n) is 7.73. The first-order chi connectivity index (χ1) is 12.4. The number of nitrogens with zero attached hydrogens (tertiary/aromatic N) is 3. The summed E-state index contributed by atoms with van der Waals surface area (Å²) in [4.78, 5) is 21.8. The average molecular weight is 365 g/mol. The molecule has 0 aliphatic carbocycles. The largest absolute Gasteiger partial charge is 0.416 e. The van der Waals surface area contributed by atoms with Crippen LogP contribution in [-0.4, -0.2) is 44.3 Å². The maximum atomic E-state index is 12.7. The Hall–Kier alpha value is -2.74. The van der Waals surface area contributed by atoms with Crippen molar-refractivity contribution in [1.82, 2.24) is 4.98 Å². The Morgan fingerprint density at radius 1 is 1.27 bits per heavy atom. The lowest BCUT2D eigenvalue weighted by molar-refractivity contribution is -0.137. The van der Waals surface area contributed by atoms with Gasteiger partial charge in [0.1, 0.15) is 11.4 Å². The zero-order valence-corrected chi connectivity index (χ0v) is 14.3. The molecule has 0 saturated carbocycles. The van der Waals surface area contributed by atoms with Crippen LogP contribution in [0.15, 0.2) is 47.6 Å². The molecule has 2 rings (SSSR count). The summed E-state index contributed by atoms with van der Waals surface area (Å²) in [5, 5.41) is 0. The van der Waals surface area contributed by atoms with E-state index < -0.39 is 11.7 Å². The lowest BCUT2D eigenvalue weighted by atomic mass is 10.1. The quantitative estimate of drug-likeness (QED) is 0.557. The van der Waals surface area contributed by atoms with Gasteiger partial charge in [-0.25, -0.2) is 9.98 Å². The number of rotatable bonds is 7. The average Bonchev–Trinajstić information content (AvgIpc) is 2.64. The second-order valence-electron chi connectivity index (χ2n) is 5.45. The van der Waals surface area contributed by atoms with E-state index in [1.807, 2.05) is 4.90 Å². The minimum atomic E-state index is -4.43. The number of aldehydes is 1. The van der Waals surface area contributed by atoms with E-state index in [1.54, 1.807) is 32.5 Å². The number of benzene rings is 1. The van der Waals surface area contributed by atoms with Gasteiger partial charge in [0.25, 0.3) is 0 Å². The number of carbonyl (C=O) groups is 1. The fraction of sp³-hybridized carbons (Fsp3) is 0.278. The fourth-order valence-electron chi connectivity index (χ4n) is 2.22. The molecule has 0 aliphatic heterocycles. The Bertz CT molecular complexity index is 774. The number of halogens is 3. The molecular formula is C18H18F3N3O2. The molecule has 0 amide bonds. The highest BCUT2D eigenvalue weighted by Gasteiger charge is 2.30. The Kier molecular flexibility index (Phi) is 6.46. The normalized spacial score (nSPS) is 12.1. The number of methoxy groups -OCH3 is 1. The molecule has 8 heteroatoms. The van der Waals surface area contributed by atoms with Gasteiger partial charge in [-0.15, -0.1) is 0 Å².